The molecule has 3 aromatic rings. The number of carbonyl (C=O) groups excluding carboxylic acids is 1. The number of benzene rings is 1. The summed E-state index contributed by atoms with van der Waals surface area (Å²) in [5.41, 5.74) is 2.71. The minimum atomic E-state index is -0.0579. The van der Waals surface area contributed by atoms with Gasteiger partial charge in [-0.15, -0.1) is 0 Å². The van der Waals surface area contributed by atoms with Crippen LogP contribution in [0, 0.1) is 6.92 Å². The normalized spacial score (nSPS) is 13.6. The number of hydrogen-bond acceptors (Lipinski definition) is 6. The maximum absolute atomic E-state index is 12.1. The Labute approximate surface area is 155 Å². The largest absolute Gasteiger partial charge is 0.334 e. The SMILES string of the molecule is Cc1cccc(NC(=O)CSc2ccc(-c3nc(C4CC4)no3)cn2)c1. The van der Waals surface area contributed by atoms with Gasteiger partial charge in [-0.1, -0.05) is 29.1 Å². The Kier molecular flexibility index (Phi) is 4.71. The van der Waals surface area contributed by atoms with Crippen molar-refractivity contribution in [3.8, 4) is 11.5 Å². The van der Waals surface area contributed by atoms with E-state index in [4.69, 9.17) is 4.52 Å². The lowest BCUT2D eigenvalue weighted by Gasteiger charge is -2.05. The zero-order chi connectivity index (χ0) is 17.9. The van der Waals surface area contributed by atoms with Gasteiger partial charge in [0.2, 0.25) is 5.91 Å². The minimum Gasteiger partial charge on any atom is -0.334 e. The number of amides is 1. The average Bonchev–Trinajstić information content (AvgIpc) is 3.38. The van der Waals surface area contributed by atoms with Crippen LogP contribution in [0.4, 0.5) is 5.69 Å². The second-order valence-electron chi connectivity index (χ2n) is 6.32. The van der Waals surface area contributed by atoms with Gasteiger partial charge in [-0.05, 0) is 49.6 Å². The monoisotopic (exact) mass is 366 g/mol. The van der Waals surface area contributed by atoms with Crippen LogP contribution in [0.1, 0.15) is 30.1 Å². The summed E-state index contributed by atoms with van der Waals surface area (Å²) in [4.78, 5) is 20.8. The van der Waals surface area contributed by atoms with Crippen LogP contribution in [-0.2, 0) is 4.79 Å². The van der Waals surface area contributed by atoms with Gasteiger partial charge < -0.3 is 9.84 Å². The topological polar surface area (TPSA) is 80.9 Å². The highest BCUT2D eigenvalue weighted by molar-refractivity contribution is 7.99. The molecule has 0 aliphatic heterocycles. The smallest absolute Gasteiger partial charge is 0.259 e. The number of nitrogens with one attached hydrogen (secondary N) is 1. The van der Waals surface area contributed by atoms with E-state index in [1.54, 1.807) is 6.20 Å². The first kappa shape index (κ1) is 16.8. The number of rotatable bonds is 6. The van der Waals surface area contributed by atoms with Crippen molar-refractivity contribution in [3.05, 3.63) is 54.0 Å². The zero-order valence-electron chi connectivity index (χ0n) is 14.3. The van der Waals surface area contributed by atoms with Gasteiger partial charge >= 0.3 is 0 Å². The van der Waals surface area contributed by atoms with E-state index in [0.29, 0.717) is 17.6 Å². The van der Waals surface area contributed by atoms with Crippen LogP contribution in [0.25, 0.3) is 11.5 Å². The molecule has 1 aromatic carbocycles. The number of nitrogens with zero attached hydrogens (tertiary/aromatic N) is 3. The van der Waals surface area contributed by atoms with Crippen molar-refractivity contribution in [1.82, 2.24) is 15.1 Å². The predicted octanol–water partition coefficient (Wildman–Crippen LogP) is 4.05. The average molecular weight is 366 g/mol. The van der Waals surface area contributed by atoms with Gasteiger partial charge in [0, 0.05) is 17.8 Å². The summed E-state index contributed by atoms with van der Waals surface area (Å²) >= 11 is 1.39. The number of thioether (sulfide) groups is 1. The molecule has 132 valence electrons. The molecule has 2 heterocycles. The summed E-state index contributed by atoms with van der Waals surface area (Å²) < 4.78 is 5.29. The van der Waals surface area contributed by atoms with Crippen molar-refractivity contribution >= 4 is 23.4 Å². The minimum absolute atomic E-state index is 0.0579. The van der Waals surface area contributed by atoms with E-state index >= 15 is 0 Å². The van der Waals surface area contributed by atoms with Gasteiger partial charge in [-0.2, -0.15) is 4.98 Å². The highest BCUT2D eigenvalue weighted by Crippen LogP contribution is 2.38. The summed E-state index contributed by atoms with van der Waals surface area (Å²) in [5, 5.41) is 7.67. The molecule has 0 unspecified atom stereocenters. The molecular weight excluding hydrogens is 348 g/mol. The van der Waals surface area contributed by atoms with E-state index in [1.807, 2.05) is 43.3 Å². The van der Waals surface area contributed by atoms with E-state index in [9.17, 15) is 4.79 Å². The maximum atomic E-state index is 12.1. The van der Waals surface area contributed by atoms with Crippen LogP contribution in [0.2, 0.25) is 0 Å². The Morgan fingerprint density at radius 2 is 2.19 bits per heavy atom. The van der Waals surface area contributed by atoms with Crippen LogP contribution in [0.5, 0.6) is 0 Å². The van der Waals surface area contributed by atoms with E-state index < -0.39 is 0 Å². The lowest BCUT2D eigenvalue weighted by molar-refractivity contribution is -0.113. The van der Waals surface area contributed by atoms with Gasteiger partial charge in [-0.25, -0.2) is 4.98 Å². The van der Waals surface area contributed by atoms with Crippen molar-refractivity contribution in [2.24, 2.45) is 0 Å². The number of anilines is 1. The van der Waals surface area contributed by atoms with Crippen molar-refractivity contribution in [1.29, 1.82) is 0 Å². The molecule has 1 saturated carbocycles. The highest BCUT2D eigenvalue weighted by Gasteiger charge is 2.29. The Hall–Kier alpha value is -2.67. The van der Waals surface area contributed by atoms with Gasteiger partial charge in [0.25, 0.3) is 5.89 Å². The molecule has 6 nitrogen and oxygen atoms in total. The Bertz CT molecular complexity index is 919. The Morgan fingerprint density at radius 3 is 2.92 bits per heavy atom. The summed E-state index contributed by atoms with van der Waals surface area (Å²) in [6, 6.07) is 11.5. The lowest BCUT2D eigenvalue weighted by atomic mass is 10.2. The van der Waals surface area contributed by atoms with Crippen molar-refractivity contribution < 1.29 is 9.32 Å². The van der Waals surface area contributed by atoms with Crippen molar-refractivity contribution in [2.75, 3.05) is 11.1 Å². The third kappa shape index (κ3) is 4.11. The molecule has 1 amide bonds. The molecule has 1 fully saturated rings. The van der Waals surface area contributed by atoms with E-state index in [1.165, 1.54) is 11.8 Å². The van der Waals surface area contributed by atoms with Crippen LogP contribution in [0.15, 0.2) is 52.1 Å². The Balaban J connectivity index is 1.32. The fourth-order valence-electron chi connectivity index (χ4n) is 2.51. The highest BCUT2D eigenvalue weighted by atomic mass is 32.2. The van der Waals surface area contributed by atoms with Crippen molar-refractivity contribution in [3.63, 3.8) is 0 Å². The van der Waals surface area contributed by atoms with Crippen LogP contribution < -0.4 is 5.32 Å². The second kappa shape index (κ2) is 7.29. The van der Waals surface area contributed by atoms with E-state index in [-0.39, 0.29) is 5.91 Å². The number of aromatic nitrogens is 3. The predicted molar refractivity (Wildman–Crippen MR) is 100 cm³/mol. The quantitative estimate of drug-likeness (QED) is 0.663. The molecular formula is C19H18N4O2S. The molecule has 2 aromatic heterocycles. The fraction of sp³-hybridized carbons (Fsp3) is 0.263. The molecule has 1 N–H and O–H groups in total. The molecule has 0 saturated heterocycles. The van der Waals surface area contributed by atoms with Crippen LogP contribution in [-0.4, -0.2) is 26.8 Å². The maximum Gasteiger partial charge on any atom is 0.259 e. The molecule has 26 heavy (non-hydrogen) atoms. The molecule has 0 spiro atoms. The summed E-state index contributed by atoms with van der Waals surface area (Å²) in [7, 11) is 0. The number of pyridine rings is 1. The standard InChI is InChI=1S/C19H18N4O2S/c1-12-3-2-4-15(9-12)21-16(24)11-26-17-8-7-14(10-20-17)19-22-18(23-25-19)13-5-6-13/h2-4,7-10,13H,5-6,11H2,1H3,(H,21,24). The lowest BCUT2D eigenvalue weighted by Crippen LogP contribution is -2.14. The zero-order valence-corrected chi connectivity index (χ0v) is 15.1. The molecule has 0 atom stereocenters. The molecule has 7 heteroatoms. The van der Waals surface area contributed by atoms with Gasteiger partial charge in [-0.3, -0.25) is 4.79 Å². The van der Waals surface area contributed by atoms with E-state index in [2.05, 4.69) is 20.4 Å². The molecule has 0 bridgehead atoms. The summed E-state index contributed by atoms with van der Waals surface area (Å²) in [6.45, 7) is 1.99. The molecule has 4 rings (SSSR count). The number of hydrogen-bond donors (Lipinski definition) is 1. The van der Waals surface area contributed by atoms with Crippen molar-refractivity contribution in [2.45, 2.75) is 30.7 Å². The van der Waals surface area contributed by atoms with Crippen LogP contribution in [0.3, 0.4) is 0 Å². The Morgan fingerprint density at radius 1 is 1.31 bits per heavy atom. The summed E-state index contributed by atoms with van der Waals surface area (Å²) in [5.74, 6) is 1.98. The molecule has 0 radical (unpaired) electrons. The molecule has 1 aliphatic carbocycles. The van der Waals surface area contributed by atoms with Gasteiger partial charge in [0.05, 0.1) is 16.3 Å². The fourth-order valence-corrected chi connectivity index (χ4v) is 3.15. The first-order valence-electron chi connectivity index (χ1n) is 8.47. The third-order valence-electron chi connectivity index (χ3n) is 4.02. The van der Waals surface area contributed by atoms with Gasteiger partial charge in [0.15, 0.2) is 5.82 Å². The van der Waals surface area contributed by atoms with E-state index in [0.717, 1.165) is 40.5 Å². The third-order valence-corrected chi connectivity index (χ3v) is 4.96. The summed E-state index contributed by atoms with van der Waals surface area (Å²) in [6.07, 6.45) is 3.97. The second-order valence-corrected chi connectivity index (χ2v) is 7.32. The van der Waals surface area contributed by atoms with Crippen LogP contribution >= 0.6 is 11.8 Å². The first-order valence-corrected chi connectivity index (χ1v) is 9.45. The number of carbonyl (C=O) groups is 1. The van der Waals surface area contributed by atoms with Gasteiger partial charge in [0.1, 0.15) is 0 Å². The number of aryl methyl sites for hydroxylation is 1. The first-order chi connectivity index (χ1) is 12.7. The molecule has 1 aliphatic rings.